The van der Waals surface area contributed by atoms with Gasteiger partial charge in [-0.15, -0.1) is 11.3 Å². The number of piperazine rings is 1. The molecule has 4 aliphatic heterocycles. The van der Waals surface area contributed by atoms with Crippen LogP contribution in [-0.2, 0) is 51.7 Å². The van der Waals surface area contributed by atoms with Crippen molar-refractivity contribution in [2.75, 3.05) is 106 Å². The van der Waals surface area contributed by atoms with Gasteiger partial charge in [0.15, 0.2) is 5.75 Å². The minimum atomic E-state index is -1.28. The molecule has 1 saturated carbocycles. The van der Waals surface area contributed by atoms with Crippen LogP contribution in [0.4, 0.5) is 4.39 Å². The Kier molecular flexibility index (Phi) is 19.3. The maximum Gasteiger partial charge on any atom is 0.348 e. The van der Waals surface area contributed by atoms with Gasteiger partial charge in [0.2, 0.25) is 12.0 Å². The molecule has 11 rings (SSSR count). The van der Waals surface area contributed by atoms with Crippen molar-refractivity contribution in [3.63, 3.8) is 0 Å². The van der Waals surface area contributed by atoms with Gasteiger partial charge in [0.1, 0.15) is 65.3 Å². The fraction of sp³-hybridized carbons (Fsp3) is 0.517. The van der Waals surface area contributed by atoms with Crippen LogP contribution in [-0.4, -0.2) is 165 Å². The molecule has 3 fully saturated rings. The number of esters is 1. The Hall–Kier alpha value is -5.32. The summed E-state index contributed by atoms with van der Waals surface area (Å²) in [6.07, 6.45) is 4.10. The van der Waals surface area contributed by atoms with Crippen molar-refractivity contribution in [1.29, 1.82) is 0 Å². The Morgan fingerprint density at radius 3 is 2.33 bits per heavy atom. The van der Waals surface area contributed by atoms with Gasteiger partial charge >= 0.3 is 5.97 Å². The van der Waals surface area contributed by atoms with Gasteiger partial charge < -0.3 is 52.3 Å². The highest BCUT2D eigenvalue weighted by molar-refractivity contribution is 7.22. The van der Waals surface area contributed by atoms with E-state index in [4.69, 9.17) is 90.5 Å². The lowest BCUT2D eigenvalue weighted by Crippen LogP contribution is -2.49. The summed E-state index contributed by atoms with van der Waals surface area (Å²) in [6, 6.07) is 13.6. The smallest absolute Gasteiger partial charge is 0.348 e. The first-order valence-corrected chi connectivity index (χ1v) is 29.3. The quantitative estimate of drug-likeness (QED) is 0.0588. The monoisotopic (exact) mass is 1170 g/mol. The molecule has 0 N–H and O–H groups in total. The van der Waals surface area contributed by atoms with Crippen LogP contribution < -0.4 is 18.9 Å². The summed E-state index contributed by atoms with van der Waals surface area (Å²) in [4.78, 5) is 39.9. The number of hydrogen-bond donors (Lipinski definition) is 0. The van der Waals surface area contributed by atoms with Crippen LogP contribution in [0.3, 0.4) is 0 Å². The van der Waals surface area contributed by atoms with Crippen molar-refractivity contribution in [2.24, 2.45) is 0 Å². The van der Waals surface area contributed by atoms with Crippen LogP contribution in [0.1, 0.15) is 68.2 Å². The highest BCUT2D eigenvalue weighted by Gasteiger charge is 2.42. The van der Waals surface area contributed by atoms with E-state index >= 15 is 0 Å². The number of fused-ring (bicyclic) bond motifs is 7. The molecule has 4 bridgehead atoms. The van der Waals surface area contributed by atoms with Gasteiger partial charge in [-0.25, -0.2) is 29.1 Å². The molecule has 21 heteroatoms. The summed E-state index contributed by atoms with van der Waals surface area (Å²) >= 11 is 16.3. The summed E-state index contributed by atoms with van der Waals surface area (Å²) < 4.78 is 76.6. The molecule has 81 heavy (non-hydrogen) atoms. The van der Waals surface area contributed by atoms with E-state index in [1.165, 1.54) is 29.8 Å². The number of aromatic nitrogens is 4. The Balaban J connectivity index is 0.960. The first-order chi connectivity index (χ1) is 39.1. The van der Waals surface area contributed by atoms with Crippen LogP contribution in [0.15, 0.2) is 61.1 Å². The van der Waals surface area contributed by atoms with Crippen molar-refractivity contribution < 1.29 is 56.6 Å². The van der Waals surface area contributed by atoms with E-state index in [0.717, 1.165) is 50.3 Å². The van der Waals surface area contributed by atoms with Gasteiger partial charge in [0.05, 0.1) is 86.0 Å². The van der Waals surface area contributed by atoms with E-state index in [1.807, 2.05) is 38.1 Å². The predicted octanol–water partition coefficient (Wildman–Crippen LogP) is 10.1. The second-order valence-electron chi connectivity index (χ2n) is 22.1. The molecule has 3 atom stereocenters. The first-order valence-electron chi connectivity index (χ1n) is 27.7. The number of halogens is 3. The lowest BCUT2D eigenvalue weighted by molar-refractivity contribution is -0.163. The van der Waals surface area contributed by atoms with Gasteiger partial charge in [-0.1, -0.05) is 41.8 Å². The molecule has 0 amide bonds. The van der Waals surface area contributed by atoms with Crippen molar-refractivity contribution >= 4 is 50.7 Å². The van der Waals surface area contributed by atoms with Gasteiger partial charge in [-0.3, -0.25) is 4.90 Å². The first kappa shape index (κ1) is 58.9. The molecule has 17 nitrogen and oxygen atoms in total. The summed E-state index contributed by atoms with van der Waals surface area (Å²) in [5, 5.41) is 1.14. The molecule has 0 radical (unpaired) electrons. The third-order valence-corrected chi connectivity index (χ3v) is 17.0. The van der Waals surface area contributed by atoms with E-state index in [9.17, 15) is 9.18 Å². The molecule has 3 aromatic carbocycles. The molecule has 434 valence electrons. The number of rotatable bonds is 18. The van der Waals surface area contributed by atoms with E-state index in [1.54, 1.807) is 39.1 Å². The molecule has 0 spiro atoms. The van der Waals surface area contributed by atoms with Crippen LogP contribution >= 0.6 is 34.5 Å². The molecule has 0 unspecified atom stereocenters. The van der Waals surface area contributed by atoms with Gasteiger partial charge in [-0.2, -0.15) is 0 Å². The van der Waals surface area contributed by atoms with Crippen LogP contribution in [0.25, 0.3) is 31.8 Å². The number of thiophene rings is 1. The molecule has 7 heterocycles. The standard InChI is InChI=1S/C60H71Cl2FN6O11S/c1-37-48-38(2)52(62)53(51(37)61)78-44(30-69-20-18-68(6)19-21-69)34-76-43-12-13-46(77-31-42-14-17-64-58(67-42)60(15-7-16-60)35-74-25-23-71-22-24-72-32-45-33-73-26-27-75-45)40(28-43)29-47(57(70)80-59(3,4)5)79-55-50-49(48)54(81-56(50)66-36-65-55)39-8-10-41(63)11-9-39/h8-14,17,28,36,44-45,47H,7,15-16,18-27,29-35H2,1-6H3/t44-,45+,47-/m1/s1. The van der Waals surface area contributed by atoms with E-state index in [2.05, 4.69) is 16.8 Å². The third kappa shape index (κ3) is 14.4. The number of carbonyl (C=O) groups is 1. The molecular weight excluding hydrogens is 1100 g/mol. The zero-order valence-corrected chi connectivity index (χ0v) is 49.2. The Labute approximate surface area is 486 Å². The second kappa shape index (κ2) is 26.5. The highest BCUT2D eigenvalue weighted by Crippen LogP contribution is 2.53. The average Bonchev–Trinajstić information content (AvgIpc) is 3.31. The van der Waals surface area contributed by atoms with Crippen LogP contribution in [0.2, 0.25) is 10.0 Å². The maximum absolute atomic E-state index is 14.7. The summed E-state index contributed by atoms with van der Waals surface area (Å²) in [7, 11) is 2.12. The zero-order valence-electron chi connectivity index (χ0n) is 46.9. The molecule has 2 saturated heterocycles. The van der Waals surface area contributed by atoms with Crippen LogP contribution in [0.5, 0.6) is 23.1 Å². The Morgan fingerprint density at radius 1 is 0.864 bits per heavy atom. The SMILES string of the molecule is Cc1c(Cl)c2c(Cl)c(C)c1-c1c(-c3ccc(F)cc3)sc3ncnc(c13)O[C@@H](C(=O)OC(C)(C)C)Cc1cc(ccc1OCc1ccnc(C3(COCCOCCOC[C@H]4COCCO4)CCC3)n1)OC[C@@H](CN1CCN(C)CC1)O2. The minimum absolute atomic E-state index is 0.0282. The number of benzene rings is 3. The normalized spacial score (nSPS) is 19.7. The summed E-state index contributed by atoms with van der Waals surface area (Å²) in [5.41, 5.74) is 3.46. The fourth-order valence-corrected chi connectivity index (χ4v) is 12.1. The number of likely N-dealkylation sites (N-methyl/N-ethyl adjacent to an activating group) is 1. The number of carbonyl (C=O) groups excluding carboxylic acids is 1. The van der Waals surface area contributed by atoms with E-state index in [-0.39, 0.29) is 42.9 Å². The van der Waals surface area contributed by atoms with E-state index < -0.39 is 23.8 Å². The van der Waals surface area contributed by atoms with Crippen LogP contribution in [0, 0.1) is 19.7 Å². The van der Waals surface area contributed by atoms with Crippen molar-refractivity contribution in [3.05, 3.63) is 105 Å². The molecule has 1 aliphatic carbocycles. The third-order valence-electron chi connectivity index (χ3n) is 14.9. The number of hydrogen-bond acceptors (Lipinski definition) is 18. The second-order valence-corrected chi connectivity index (χ2v) is 23.9. The number of nitrogens with zero attached hydrogens (tertiary/aromatic N) is 6. The van der Waals surface area contributed by atoms with Crippen molar-refractivity contribution in [3.8, 4) is 44.7 Å². The lowest BCUT2D eigenvalue weighted by Gasteiger charge is -2.40. The topological polar surface area (TPSA) is 167 Å². The molecular formula is C60H71Cl2FN6O11S. The fourth-order valence-electron chi connectivity index (χ4n) is 10.4. The molecule has 3 aromatic heterocycles. The Bertz CT molecular complexity index is 3100. The minimum Gasteiger partial charge on any atom is -0.490 e. The summed E-state index contributed by atoms with van der Waals surface area (Å²) in [6.45, 7) is 17.9. The van der Waals surface area contributed by atoms with Crippen molar-refractivity contribution in [2.45, 2.75) is 96.2 Å². The largest absolute Gasteiger partial charge is 0.490 e. The number of ether oxygens (including phenoxy) is 10. The van der Waals surface area contributed by atoms with E-state index in [0.29, 0.717) is 148 Å². The highest BCUT2D eigenvalue weighted by atomic mass is 35.5. The lowest BCUT2D eigenvalue weighted by atomic mass is 9.68. The molecule has 6 aromatic rings. The predicted molar refractivity (Wildman–Crippen MR) is 307 cm³/mol. The maximum atomic E-state index is 14.7. The van der Waals surface area contributed by atoms with Gasteiger partial charge in [-0.05, 0) is 113 Å². The molecule has 5 aliphatic rings. The van der Waals surface area contributed by atoms with Gasteiger partial charge in [0, 0.05) is 61.3 Å². The van der Waals surface area contributed by atoms with Crippen molar-refractivity contribution in [1.82, 2.24) is 29.7 Å². The van der Waals surface area contributed by atoms with Gasteiger partial charge in [0.25, 0.3) is 0 Å². The summed E-state index contributed by atoms with van der Waals surface area (Å²) in [5.74, 6) is 1.10. The average molecular weight is 1170 g/mol. The Morgan fingerprint density at radius 2 is 1.62 bits per heavy atom. The zero-order chi connectivity index (χ0) is 56.7.